The number of nitrogens with zero attached hydrogens (tertiary/aromatic N) is 3. The van der Waals surface area contributed by atoms with Crippen LogP contribution in [0, 0.1) is 0 Å². The third-order valence-electron chi connectivity index (χ3n) is 3.91. The van der Waals surface area contributed by atoms with Gasteiger partial charge in [-0.25, -0.2) is 9.78 Å². The van der Waals surface area contributed by atoms with E-state index >= 15 is 0 Å². The lowest BCUT2D eigenvalue weighted by Gasteiger charge is -2.16. The summed E-state index contributed by atoms with van der Waals surface area (Å²) in [6.07, 6.45) is -7.26. The number of carbonyl (C=O) groups is 1. The molecule has 0 saturated heterocycles. The van der Waals surface area contributed by atoms with Crippen molar-refractivity contribution in [1.29, 1.82) is 0 Å². The number of hydrogen-bond donors (Lipinski definition) is 0. The predicted molar refractivity (Wildman–Crippen MR) is 84.4 cm³/mol. The fourth-order valence-corrected chi connectivity index (χ4v) is 2.60. The van der Waals surface area contributed by atoms with Gasteiger partial charge in [0.15, 0.2) is 0 Å². The molecule has 0 unspecified atom stereocenters. The highest BCUT2D eigenvalue weighted by atomic mass is 19.4. The zero-order valence-corrected chi connectivity index (χ0v) is 14.1. The number of fused-ring (bicyclic) bond motifs is 1. The standard InChI is InChI=1S/C17H11F6N3O2/c1-28-15(27)13-4-10-8-26(25-14(10)6-24-13)7-9-2-3-11(16(18,19)20)5-12(9)17(21,22)23/h2-6,8H,7H2,1H3. The molecule has 2 heterocycles. The number of methoxy groups -OCH3 is 1. The minimum atomic E-state index is -4.97. The molecule has 0 aliphatic carbocycles. The molecule has 0 spiro atoms. The fourth-order valence-electron chi connectivity index (χ4n) is 2.60. The number of rotatable bonds is 3. The van der Waals surface area contributed by atoms with Crippen molar-refractivity contribution in [3.8, 4) is 0 Å². The maximum Gasteiger partial charge on any atom is 0.416 e. The van der Waals surface area contributed by atoms with Gasteiger partial charge in [0.1, 0.15) is 11.2 Å². The molecule has 0 N–H and O–H groups in total. The van der Waals surface area contributed by atoms with Gasteiger partial charge in [0.25, 0.3) is 0 Å². The van der Waals surface area contributed by atoms with E-state index in [9.17, 15) is 31.1 Å². The van der Waals surface area contributed by atoms with Crippen LogP contribution < -0.4 is 0 Å². The summed E-state index contributed by atoms with van der Waals surface area (Å²) in [7, 11) is 1.17. The second kappa shape index (κ2) is 6.80. The molecular formula is C17H11F6N3O2. The van der Waals surface area contributed by atoms with Crippen molar-refractivity contribution in [1.82, 2.24) is 14.8 Å². The van der Waals surface area contributed by atoms with Crippen molar-refractivity contribution in [2.45, 2.75) is 18.9 Å². The fraction of sp³-hybridized carbons (Fsp3) is 0.235. The van der Waals surface area contributed by atoms with Crippen LogP contribution in [-0.2, 0) is 23.6 Å². The Morgan fingerprint density at radius 2 is 1.82 bits per heavy atom. The Kier molecular flexibility index (Phi) is 4.77. The third kappa shape index (κ3) is 3.92. The summed E-state index contributed by atoms with van der Waals surface area (Å²) in [5.74, 6) is -0.697. The Labute approximate surface area is 153 Å². The van der Waals surface area contributed by atoms with Gasteiger partial charge in [0.2, 0.25) is 0 Å². The third-order valence-corrected chi connectivity index (χ3v) is 3.91. The number of halogens is 6. The Bertz CT molecular complexity index is 1040. The van der Waals surface area contributed by atoms with E-state index < -0.39 is 36.0 Å². The van der Waals surface area contributed by atoms with E-state index in [4.69, 9.17) is 0 Å². The Hall–Kier alpha value is -3.11. The first-order valence-corrected chi connectivity index (χ1v) is 7.68. The van der Waals surface area contributed by atoms with E-state index in [-0.39, 0.29) is 17.3 Å². The van der Waals surface area contributed by atoms with Crippen molar-refractivity contribution < 1.29 is 35.9 Å². The molecule has 0 aliphatic heterocycles. The summed E-state index contributed by atoms with van der Waals surface area (Å²) in [6.45, 7) is -0.421. The molecule has 2 aromatic heterocycles. The first-order valence-electron chi connectivity index (χ1n) is 7.68. The summed E-state index contributed by atoms with van der Waals surface area (Å²) in [5, 5.41) is 4.45. The lowest BCUT2D eigenvalue weighted by molar-refractivity contribution is -0.143. The first-order chi connectivity index (χ1) is 13.0. The molecule has 148 valence electrons. The molecular weight excluding hydrogens is 392 g/mol. The van der Waals surface area contributed by atoms with Gasteiger partial charge < -0.3 is 4.74 Å². The Morgan fingerprint density at radius 3 is 2.43 bits per heavy atom. The minimum absolute atomic E-state index is 0.0138. The van der Waals surface area contributed by atoms with Crippen LogP contribution in [0.5, 0.6) is 0 Å². The molecule has 0 radical (unpaired) electrons. The van der Waals surface area contributed by atoms with E-state index in [0.29, 0.717) is 17.0 Å². The van der Waals surface area contributed by atoms with Crippen molar-refractivity contribution in [3.63, 3.8) is 0 Å². The number of pyridine rings is 1. The number of ether oxygens (including phenoxy) is 1. The van der Waals surface area contributed by atoms with E-state index in [2.05, 4.69) is 14.8 Å². The van der Waals surface area contributed by atoms with Gasteiger partial charge in [0, 0.05) is 11.6 Å². The monoisotopic (exact) mass is 403 g/mol. The molecule has 0 amide bonds. The molecule has 1 aromatic carbocycles. The number of carbonyl (C=O) groups excluding carboxylic acids is 1. The van der Waals surface area contributed by atoms with Gasteiger partial charge in [-0.05, 0) is 23.8 Å². The molecule has 0 saturated carbocycles. The van der Waals surface area contributed by atoms with Gasteiger partial charge >= 0.3 is 18.3 Å². The van der Waals surface area contributed by atoms with Crippen LogP contribution in [0.15, 0.2) is 36.7 Å². The van der Waals surface area contributed by atoms with E-state index in [0.717, 1.165) is 10.7 Å². The highest BCUT2D eigenvalue weighted by Crippen LogP contribution is 2.37. The van der Waals surface area contributed by atoms with Gasteiger partial charge in [-0.3, -0.25) is 4.68 Å². The second-order valence-corrected chi connectivity index (χ2v) is 5.81. The number of benzene rings is 1. The smallest absolute Gasteiger partial charge is 0.416 e. The number of hydrogen-bond acceptors (Lipinski definition) is 4. The first kappa shape index (κ1) is 19.6. The molecule has 0 aliphatic rings. The van der Waals surface area contributed by atoms with Crippen LogP contribution in [0.2, 0.25) is 0 Å². The highest BCUT2D eigenvalue weighted by Gasteiger charge is 2.38. The van der Waals surface area contributed by atoms with Crippen LogP contribution in [0.4, 0.5) is 26.3 Å². The van der Waals surface area contributed by atoms with Crippen molar-refractivity contribution >= 4 is 16.9 Å². The van der Waals surface area contributed by atoms with Gasteiger partial charge in [-0.1, -0.05) is 6.07 Å². The van der Waals surface area contributed by atoms with Crippen LogP contribution in [0.25, 0.3) is 10.9 Å². The van der Waals surface area contributed by atoms with E-state index in [1.54, 1.807) is 0 Å². The molecule has 28 heavy (non-hydrogen) atoms. The molecule has 3 rings (SSSR count). The Morgan fingerprint density at radius 1 is 1.11 bits per heavy atom. The van der Waals surface area contributed by atoms with Crippen LogP contribution in [0.1, 0.15) is 27.2 Å². The summed E-state index contributed by atoms with van der Waals surface area (Å²) in [5.41, 5.74) is -2.88. The quantitative estimate of drug-likeness (QED) is 0.483. The molecule has 3 aromatic rings. The maximum absolute atomic E-state index is 13.2. The van der Waals surface area contributed by atoms with E-state index in [1.165, 1.54) is 25.6 Å². The zero-order valence-electron chi connectivity index (χ0n) is 14.1. The van der Waals surface area contributed by atoms with Gasteiger partial charge in [-0.15, -0.1) is 0 Å². The molecule has 0 fully saturated rings. The summed E-state index contributed by atoms with van der Waals surface area (Å²) in [4.78, 5) is 15.3. The molecule has 0 atom stereocenters. The normalized spacial score (nSPS) is 12.4. The number of aromatic nitrogens is 3. The summed E-state index contributed by atoms with van der Waals surface area (Å²) < 4.78 is 83.7. The largest absolute Gasteiger partial charge is 0.464 e. The molecule has 0 bridgehead atoms. The van der Waals surface area contributed by atoms with Crippen molar-refractivity contribution in [3.05, 3.63) is 59.0 Å². The predicted octanol–water partition coefficient (Wildman–Crippen LogP) is 4.30. The van der Waals surface area contributed by atoms with Crippen LogP contribution in [0.3, 0.4) is 0 Å². The topological polar surface area (TPSA) is 57.0 Å². The average molecular weight is 403 g/mol. The van der Waals surface area contributed by atoms with Crippen LogP contribution >= 0.6 is 0 Å². The minimum Gasteiger partial charge on any atom is -0.464 e. The lowest BCUT2D eigenvalue weighted by atomic mass is 10.0. The molecule has 11 heteroatoms. The van der Waals surface area contributed by atoms with Crippen molar-refractivity contribution in [2.24, 2.45) is 0 Å². The SMILES string of the molecule is COC(=O)c1cc2cn(Cc3ccc(C(F)(F)F)cc3C(F)(F)F)nc2cn1. The summed E-state index contributed by atoms with van der Waals surface area (Å²) in [6, 6.07) is 2.79. The highest BCUT2D eigenvalue weighted by molar-refractivity contribution is 5.91. The number of esters is 1. The van der Waals surface area contributed by atoms with Crippen LogP contribution in [-0.4, -0.2) is 27.8 Å². The zero-order chi connectivity index (χ0) is 20.7. The lowest BCUT2D eigenvalue weighted by Crippen LogP contribution is -2.15. The number of alkyl halides is 6. The Balaban J connectivity index is 2.00. The van der Waals surface area contributed by atoms with E-state index in [1.807, 2.05) is 0 Å². The maximum atomic E-state index is 13.2. The van der Waals surface area contributed by atoms with Gasteiger partial charge in [0.05, 0.1) is 31.0 Å². The second-order valence-electron chi connectivity index (χ2n) is 5.81. The van der Waals surface area contributed by atoms with Gasteiger partial charge in [-0.2, -0.15) is 31.4 Å². The van der Waals surface area contributed by atoms with Crippen molar-refractivity contribution in [2.75, 3.05) is 7.11 Å². The summed E-state index contributed by atoms with van der Waals surface area (Å²) >= 11 is 0. The average Bonchev–Trinajstić information content (AvgIpc) is 3.00. The molecule has 5 nitrogen and oxygen atoms in total.